The van der Waals surface area contributed by atoms with E-state index in [1.807, 2.05) is 0 Å². The molecule has 1 rings (SSSR count). The van der Waals surface area contributed by atoms with Gasteiger partial charge in [-0.05, 0) is 26.0 Å². The molecule has 0 fully saturated rings. The lowest BCUT2D eigenvalue weighted by Crippen LogP contribution is -2.31. The molecule has 0 aliphatic heterocycles. The fourth-order valence-corrected chi connectivity index (χ4v) is 3.36. The summed E-state index contributed by atoms with van der Waals surface area (Å²) >= 11 is 3.08. The van der Waals surface area contributed by atoms with Crippen molar-refractivity contribution in [2.75, 3.05) is 0 Å². The number of benzene rings is 1. The van der Waals surface area contributed by atoms with Crippen molar-refractivity contribution in [1.29, 1.82) is 0 Å². The Morgan fingerprint density at radius 3 is 2.53 bits per heavy atom. The molecule has 1 aromatic carbocycles. The summed E-state index contributed by atoms with van der Waals surface area (Å²) in [5, 5.41) is 8.94. The van der Waals surface area contributed by atoms with Crippen LogP contribution in [-0.4, -0.2) is 19.6 Å². The van der Waals surface area contributed by atoms with E-state index in [1.54, 1.807) is 13.8 Å². The average molecular weight is 326 g/mol. The van der Waals surface area contributed by atoms with Gasteiger partial charge in [-0.15, -0.1) is 0 Å². The standard InChI is InChI=1S/C10H13BrFNO3S/c1-6(2)13-17(15,16)9-4-8(11)3-7(5-14)10(9)12/h3-4,6,13-14H,5H2,1-2H3. The van der Waals surface area contributed by atoms with Crippen LogP contribution in [0, 0.1) is 5.82 Å². The van der Waals surface area contributed by atoms with Gasteiger partial charge in [-0.1, -0.05) is 15.9 Å². The molecule has 4 nitrogen and oxygen atoms in total. The summed E-state index contributed by atoms with van der Waals surface area (Å²) in [6.45, 7) is 2.72. The van der Waals surface area contributed by atoms with Crippen molar-refractivity contribution in [3.8, 4) is 0 Å². The molecular weight excluding hydrogens is 313 g/mol. The summed E-state index contributed by atoms with van der Waals surface area (Å²) in [5.41, 5.74) is -0.0662. The smallest absolute Gasteiger partial charge is 0.243 e. The highest BCUT2D eigenvalue weighted by Gasteiger charge is 2.22. The van der Waals surface area contributed by atoms with Gasteiger partial charge in [-0.3, -0.25) is 0 Å². The highest BCUT2D eigenvalue weighted by molar-refractivity contribution is 9.10. The van der Waals surface area contributed by atoms with Gasteiger partial charge in [-0.2, -0.15) is 0 Å². The molecule has 17 heavy (non-hydrogen) atoms. The zero-order valence-corrected chi connectivity index (χ0v) is 11.8. The number of nitrogens with one attached hydrogen (secondary N) is 1. The molecule has 0 spiro atoms. The number of hydrogen-bond acceptors (Lipinski definition) is 3. The maximum atomic E-state index is 13.8. The summed E-state index contributed by atoms with van der Waals surface area (Å²) < 4.78 is 40.1. The molecule has 0 saturated heterocycles. The number of hydrogen-bond donors (Lipinski definition) is 2. The van der Waals surface area contributed by atoms with Crippen LogP contribution in [0.1, 0.15) is 19.4 Å². The van der Waals surface area contributed by atoms with Gasteiger partial charge in [0.1, 0.15) is 10.7 Å². The predicted octanol–water partition coefficient (Wildman–Crippen LogP) is 1.77. The number of sulfonamides is 1. The highest BCUT2D eigenvalue weighted by atomic mass is 79.9. The van der Waals surface area contributed by atoms with E-state index in [1.165, 1.54) is 12.1 Å². The second-order valence-electron chi connectivity index (χ2n) is 3.81. The highest BCUT2D eigenvalue weighted by Crippen LogP contribution is 2.24. The van der Waals surface area contributed by atoms with Gasteiger partial charge in [-0.25, -0.2) is 17.5 Å². The Kier molecular flexibility index (Phi) is 4.65. The molecule has 0 bridgehead atoms. The van der Waals surface area contributed by atoms with Crippen LogP contribution in [0.4, 0.5) is 4.39 Å². The number of halogens is 2. The first kappa shape index (κ1) is 14.6. The average Bonchev–Trinajstić information content (AvgIpc) is 2.18. The molecule has 96 valence electrons. The third-order valence-corrected chi connectivity index (χ3v) is 4.05. The van der Waals surface area contributed by atoms with Crippen LogP contribution >= 0.6 is 15.9 Å². The lowest BCUT2D eigenvalue weighted by atomic mass is 10.2. The zero-order valence-electron chi connectivity index (χ0n) is 9.37. The normalized spacial score (nSPS) is 12.1. The quantitative estimate of drug-likeness (QED) is 0.886. The lowest BCUT2D eigenvalue weighted by Gasteiger charge is -2.12. The van der Waals surface area contributed by atoms with Crippen molar-refractivity contribution >= 4 is 26.0 Å². The van der Waals surface area contributed by atoms with Crippen LogP contribution in [0.3, 0.4) is 0 Å². The minimum Gasteiger partial charge on any atom is -0.392 e. The van der Waals surface area contributed by atoms with Gasteiger partial charge in [0.15, 0.2) is 0 Å². The van der Waals surface area contributed by atoms with Crippen LogP contribution in [0.15, 0.2) is 21.5 Å². The Labute approximate surface area is 108 Å². The Bertz CT molecular complexity index is 517. The van der Waals surface area contributed by atoms with Crippen LogP contribution in [0.25, 0.3) is 0 Å². The minimum atomic E-state index is -3.91. The first-order valence-electron chi connectivity index (χ1n) is 4.89. The minimum absolute atomic E-state index is 0.0662. The van der Waals surface area contributed by atoms with E-state index >= 15 is 0 Å². The van der Waals surface area contributed by atoms with E-state index in [0.29, 0.717) is 4.47 Å². The van der Waals surface area contributed by atoms with E-state index in [9.17, 15) is 12.8 Å². The predicted molar refractivity (Wildman–Crippen MR) is 65.5 cm³/mol. The monoisotopic (exact) mass is 325 g/mol. The summed E-state index contributed by atoms with van der Waals surface area (Å²) in [5.74, 6) is -0.927. The second-order valence-corrected chi connectivity index (χ2v) is 6.41. The number of aliphatic hydroxyl groups is 1. The van der Waals surface area contributed by atoms with Gasteiger partial charge in [0.05, 0.1) is 6.61 Å². The summed E-state index contributed by atoms with van der Waals surface area (Å²) in [6.07, 6.45) is 0. The molecule has 0 radical (unpaired) electrons. The second kappa shape index (κ2) is 5.43. The first-order valence-corrected chi connectivity index (χ1v) is 7.16. The first-order chi connectivity index (χ1) is 7.77. The van der Waals surface area contributed by atoms with Crippen LogP contribution < -0.4 is 4.72 Å². The van der Waals surface area contributed by atoms with Crippen molar-refractivity contribution in [1.82, 2.24) is 4.72 Å². The molecule has 0 atom stereocenters. The molecule has 2 N–H and O–H groups in total. The Balaban J connectivity index is 3.36. The Hall–Kier alpha value is -0.500. The molecule has 1 aromatic rings. The summed E-state index contributed by atoms with van der Waals surface area (Å²) in [7, 11) is -3.91. The van der Waals surface area contributed by atoms with Crippen molar-refractivity contribution in [2.45, 2.75) is 31.4 Å². The molecule has 0 unspecified atom stereocenters. The summed E-state index contributed by atoms with van der Waals surface area (Å²) in [4.78, 5) is -0.468. The summed E-state index contributed by atoms with van der Waals surface area (Å²) in [6, 6.07) is 2.17. The Morgan fingerprint density at radius 2 is 2.06 bits per heavy atom. The van der Waals surface area contributed by atoms with Crippen molar-refractivity contribution in [3.05, 3.63) is 28.0 Å². The maximum absolute atomic E-state index is 13.8. The van der Waals surface area contributed by atoms with Crippen LogP contribution in [0.2, 0.25) is 0 Å². The lowest BCUT2D eigenvalue weighted by molar-refractivity contribution is 0.274. The van der Waals surface area contributed by atoms with Gasteiger partial charge < -0.3 is 5.11 Å². The molecule has 0 aliphatic carbocycles. The number of rotatable bonds is 4. The third kappa shape index (κ3) is 3.48. The van der Waals surface area contributed by atoms with E-state index in [0.717, 1.165) is 0 Å². The molecule has 0 heterocycles. The van der Waals surface area contributed by atoms with E-state index in [2.05, 4.69) is 20.7 Å². The third-order valence-electron chi connectivity index (χ3n) is 1.93. The fourth-order valence-electron chi connectivity index (χ4n) is 1.30. The van der Waals surface area contributed by atoms with Crippen molar-refractivity contribution < 1.29 is 17.9 Å². The molecule has 0 saturated carbocycles. The van der Waals surface area contributed by atoms with Crippen molar-refractivity contribution in [3.63, 3.8) is 0 Å². The van der Waals surface area contributed by atoms with Gasteiger partial charge in [0, 0.05) is 16.1 Å². The molecule has 0 aromatic heterocycles. The maximum Gasteiger partial charge on any atom is 0.243 e. The molecule has 0 aliphatic rings. The van der Waals surface area contributed by atoms with Gasteiger partial charge >= 0.3 is 0 Å². The van der Waals surface area contributed by atoms with Crippen LogP contribution in [0.5, 0.6) is 0 Å². The van der Waals surface area contributed by atoms with Gasteiger partial charge in [0.25, 0.3) is 0 Å². The van der Waals surface area contributed by atoms with E-state index < -0.39 is 27.3 Å². The molecule has 0 amide bonds. The van der Waals surface area contributed by atoms with E-state index in [-0.39, 0.29) is 11.6 Å². The van der Waals surface area contributed by atoms with E-state index in [4.69, 9.17) is 5.11 Å². The molecular formula is C10H13BrFNO3S. The zero-order chi connectivity index (χ0) is 13.2. The Morgan fingerprint density at radius 1 is 1.47 bits per heavy atom. The molecule has 7 heteroatoms. The SMILES string of the molecule is CC(C)NS(=O)(=O)c1cc(Br)cc(CO)c1F. The van der Waals surface area contributed by atoms with Crippen LogP contribution in [-0.2, 0) is 16.6 Å². The fraction of sp³-hybridized carbons (Fsp3) is 0.400. The van der Waals surface area contributed by atoms with Gasteiger partial charge in [0.2, 0.25) is 10.0 Å². The topological polar surface area (TPSA) is 66.4 Å². The number of aliphatic hydroxyl groups excluding tert-OH is 1. The van der Waals surface area contributed by atoms with Crippen molar-refractivity contribution in [2.24, 2.45) is 0 Å². The largest absolute Gasteiger partial charge is 0.392 e.